The van der Waals surface area contributed by atoms with Crippen molar-refractivity contribution in [3.63, 3.8) is 0 Å². The van der Waals surface area contributed by atoms with Crippen LogP contribution in [0.5, 0.6) is 0 Å². The lowest BCUT2D eigenvalue weighted by atomic mass is 9.77. The molecule has 0 aromatic heterocycles. The molecule has 1 aromatic rings. The van der Waals surface area contributed by atoms with Crippen LogP contribution in [0.25, 0.3) is 0 Å². The zero-order valence-electron chi connectivity index (χ0n) is 11.7. The van der Waals surface area contributed by atoms with E-state index < -0.39 is 0 Å². The predicted molar refractivity (Wildman–Crippen MR) is 82.9 cm³/mol. The largest absolute Gasteiger partial charge is 0.398 e. The molecule has 0 atom stereocenters. The highest BCUT2D eigenvalue weighted by molar-refractivity contribution is 6.33. The van der Waals surface area contributed by atoms with Crippen LogP contribution in [-0.4, -0.2) is 13.1 Å². The van der Waals surface area contributed by atoms with Crippen LogP contribution in [0.15, 0.2) is 12.1 Å². The summed E-state index contributed by atoms with van der Waals surface area (Å²) in [5.74, 6) is 0. The Morgan fingerprint density at radius 3 is 2.37 bits per heavy atom. The second-order valence-corrected chi connectivity index (χ2v) is 6.76. The van der Waals surface area contributed by atoms with Crippen molar-refractivity contribution in [2.24, 2.45) is 5.41 Å². The van der Waals surface area contributed by atoms with E-state index >= 15 is 0 Å². The van der Waals surface area contributed by atoms with Crippen LogP contribution < -0.4 is 10.6 Å². The monoisotopic (exact) mass is 278 g/mol. The molecular weight excluding hydrogens is 256 g/mol. The Morgan fingerprint density at radius 2 is 1.74 bits per heavy atom. The van der Waals surface area contributed by atoms with Gasteiger partial charge < -0.3 is 10.6 Å². The molecule has 3 rings (SSSR count). The Bertz CT molecular complexity index is 468. The number of piperidine rings is 1. The van der Waals surface area contributed by atoms with E-state index in [9.17, 15) is 0 Å². The van der Waals surface area contributed by atoms with Crippen molar-refractivity contribution in [1.82, 2.24) is 0 Å². The zero-order chi connectivity index (χ0) is 13.5. The Morgan fingerprint density at radius 1 is 1.11 bits per heavy atom. The van der Waals surface area contributed by atoms with Gasteiger partial charge in [-0.3, -0.25) is 0 Å². The van der Waals surface area contributed by atoms with Crippen LogP contribution in [0, 0.1) is 12.3 Å². The van der Waals surface area contributed by atoms with Crippen molar-refractivity contribution in [3.8, 4) is 0 Å². The van der Waals surface area contributed by atoms with Gasteiger partial charge in [0.25, 0.3) is 0 Å². The van der Waals surface area contributed by atoms with Crippen LogP contribution >= 0.6 is 11.6 Å². The zero-order valence-corrected chi connectivity index (χ0v) is 12.5. The minimum atomic E-state index is 0.669. The standard InChI is InChI=1S/C16H23ClN2/c1-12-10-14(18)13(17)11-15(12)19-8-6-16(7-9-19)4-2-3-5-16/h10-11H,2-9,18H2,1H3. The molecule has 1 saturated heterocycles. The highest BCUT2D eigenvalue weighted by Gasteiger charge is 2.37. The minimum Gasteiger partial charge on any atom is -0.398 e. The van der Waals surface area contributed by atoms with Crippen LogP contribution in [0.3, 0.4) is 0 Å². The second kappa shape index (κ2) is 4.90. The maximum Gasteiger partial charge on any atom is 0.0656 e. The molecule has 2 N–H and O–H groups in total. The van der Waals surface area contributed by atoms with E-state index in [0.717, 1.165) is 0 Å². The van der Waals surface area contributed by atoms with E-state index in [-0.39, 0.29) is 0 Å². The van der Waals surface area contributed by atoms with Crippen LogP contribution in [0.4, 0.5) is 11.4 Å². The number of halogens is 1. The van der Waals surface area contributed by atoms with Crippen molar-refractivity contribution >= 4 is 23.0 Å². The Kier molecular flexibility index (Phi) is 3.38. The molecule has 3 heteroatoms. The lowest BCUT2D eigenvalue weighted by Gasteiger charge is -2.41. The first-order valence-corrected chi connectivity index (χ1v) is 7.78. The fraction of sp³-hybridized carbons (Fsp3) is 0.625. The van der Waals surface area contributed by atoms with Crippen molar-refractivity contribution < 1.29 is 0 Å². The summed E-state index contributed by atoms with van der Waals surface area (Å²) < 4.78 is 0. The lowest BCUT2D eigenvalue weighted by molar-refractivity contribution is 0.226. The van der Waals surface area contributed by atoms with E-state index in [2.05, 4.69) is 11.8 Å². The fourth-order valence-corrected chi connectivity index (χ4v) is 4.04. The number of aryl methyl sites for hydroxylation is 1. The average molecular weight is 279 g/mol. The molecule has 0 unspecified atom stereocenters. The molecule has 2 nitrogen and oxygen atoms in total. The summed E-state index contributed by atoms with van der Waals surface area (Å²) >= 11 is 6.17. The number of nitrogens with two attached hydrogens (primary N) is 1. The first-order valence-electron chi connectivity index (χ1n) is 7.40. The lowest BCUT2D eigenvalue weighted by Crippen LogP contribution is -2.39. The molecule has 0 amide bonds. The van der Waals surface area contributed by atoms with Gasteiger partial charge in [-0.1, -0.05) is 24.4 Å². The van der Waals surface area contributed by atoms with E-state index in [0.29, 0.717) is 16.1 Å². The van der Waals surface area contributed by atoms with Gasteiger partial charge >= 0.3 is 0 Å². The molecule has 1 aliphatic heterocycles. The third-order valence-electron chi connectivity index (χ3n) is 5.14. The molecule has 0 radical (unpaired) electrons. The smallest absolute Gasteiger partial charge is 0.0656 e. The van der Waals surface area contributed by atoms with Gasteiger partial charge in [0.05, 0.1) is 10.7 Å². The van der Waals surface area contributed by atoms with Gasteiger partial charge in [0.1, 0.15) is 0 Å². The summed E-state index contributed by atoms with van der Waals surface area (Å²) in [7, 11) is 0. The Labute approximate surface area is 120 Å². The van der Waals surface area contributed by atoms with Crippen molar-refractivity contribution in [1.29, 1.82) is 0 Å². The molecule has 2 aliphatic rings. The molecule has 1 heterocycles. The summed E-state index contributed by atoms with van der Waals surface area (Å²) in [6.45, 7) is 4.46. The van der Waals surface area contributed by atoms with Crippen LogP contribution in [0.2, 0.25) is 5.02 Å². The van der Waals surface area contributed by atoms with E-state index in [1.54, 1.807) is 0 Å². The van der Waals surface area contributed by atoms with Gasteiger partial charge in [-0.2, -0.15) is 0 Å². The molecular formula is C16H23ClN2. The first kappa shape index (κ1) is 13.1. The summed E-state index contributed by atoms with van der Waals surface area (Å²) in [5.41, 5.74) is 9.73. The molecule has 19 heavy (non-hydrogen) atoms. The quantitative estimate of drug-likeness (QED) is 0.772. The molecule has 2 fully saturated rings. The summed E-state index contributed by atoms with van der Waals surface area (Å²) in [6, 6.07) is 4.04. The molecule has 0 bridgehead atoms. The van der Waals surface area contributed by atoms with Crippen molar-refractivity contribution in [3.05, 3.63) is 22.7 Å². The van der Waals surface area contributed by atoms with Gasteiger partial charge in [0, 0.05) is 18.8 Å². The van der Waals surface area contributed by atoms with Gasteiger partial charge in [0.2, 0.25) is 0 Å². The molecule has 104 valence electrons. The molecule has 1 saturated carbocycles. The van der Waals surface area contributed by atoms with Crippen molar-refractivity contribution in [2.75, 3.05) is 23.7 Å². The third kappa shape index (κ3) is 2.43. The number of hydrogen-bond acceptors (Lipinski definition) is 2. The van der Waals surface area contributed by atoms with Gasteiger partial charge in [0.15, 0.2) is 0 Å². The molecule has 1 spiro atoms. The number of anilines is 2. The second-order valence-electron chi connectivity index (χ2n) is 6.35. The summed E-state index contributed by atoms with van der Waals surface area (Å²) in [6.07, 6.45) is 8.45. The van der Waals surface area contributed by atoms with E-state index in [1.807, 2.05) is 12.1 Å². The van der Waals surface area contributed by atoms with Crippen LogP contribution in [0.1, 0.15) is 44.1 Å². The van der Waals surface area contributed by atoms with Crippen molar-refractivity contribution in [2.45, 2.75) is 45.4 Å². The number of hydrogen-bond donors (Lipinski definition) is 1. The normalized spacial score (nSPS) is 22.1. The van der Waals surface area contributed by atoms with Gasteiger partial charge in [-0.25, -0.2) is 0 Å². The maximum atomic E-state index is 6.17. The van der Waals surface area contributed by atoms with Crippen LogP contribution in [-0.2, 0) is 0 Å². The van der Waals surface area contributed by atoms with E-state index in [1.165, 1.54) is 62.9 Å². The SMILES string of the molecule is Cc1cc(N)c(Cl)cc1N1CCC2(CCCC2)CC1. The molecule has 1 aliphatic carbocycles. The minimum absolute atomic E-state index is 0.669. The number of benzene rings is 1. The predicted octanol–water partition coefficient (Wildman–Crippen LogP) is 4.39. The number of nitrogen functional groups attached to an aromatic ring is 1. The summed E-state index contributed by atoms with van der Waals surface area (Å²) in [5, 5.41) is 0.682. The number of rotatable bonds is 1. The highest BCUT2D eigenvalue weighted by Crippen LogP contribution is 2.47. The maximum absolute atomic E-state index is 6.17. The first-order chi connectivity index (χ1) is 9.10. The highest BCUT2D eigenvalue weighted by atomic mass is 35.5. The van der Waals surface area contributed by atoms with E-state index in [4.69, 9.17) is 17.3 Å². The Hall–Kier alpha value is -0.890. The molecule has 1 aromatic carbocycles. The van der Waals surface area contributed by atoms with Gasteiger partial charge in [-0.15, -0.1) is 0 Å². The fourth-order valence-electron chi connectivity index (χ4n) is 3.88. The Balaban J connectivity index is 1.76. The summed E-state index contributed by atoms with van der Waals surface area (Å²) in [4.78, 5) is 2.49. The van der Waals surface area contributed by atoms with Gasteiger partial charge in [-0.05, 0) is 55.7 Å². The topological polar surface area (TPSA) is 29.3 Å². The average Bonchev–Trinajstić information content (AvgIpc) is 2.84. The third-order valence-corrected chi connectivity index (χ3v) is 5.47. The number of nitrogens with zero attached hydrogens (tertiary/aromatic N) is 1.